The molecule has 5 nitrogen and oxygen atoms in total. The van der Waals surface area contributed by atoms with Crippen LogP contribution in [0.5, 0.6) is 0 Å². The van der Waals surface area contributed by atoms with Gasteiger partial charge in [0.15, 0.2) is 0 Å². The number of aliphatic hydroxyl groups is 2. The van der Waals surface area contributed by atoms with Crippen molar-refractivity contribution >= 4 is 0 Å². The van der Waals surface area contributed by atoms with Crippen LogP contribution in [0.4, 0.5) is 0 Å². The Bertz CT molecular complexity index is 62.2. The van der Waals surface area contributed by atoms with E-state index in [1.807, 2.05) is 13.8 Å². The molecular formula is C10H26O5. The lowest BCUT2D eigenvalue weighted by Gasteiger charge is -1.94. The highest BCUT2D eigenvalue weighted by atomic mass is 16.5. The summed E-state index contributed by atoms with van der Waals surface area (Å²) in [5, 5.41) is 16.4. The van der Waals surface area contributed by atoms with E-state index in [4.69, 9.17) is 19.7 Å². The molecule has 0 unspecified atom stereocenters. The molecule has 0 aliphatic carbocycles. The minimum atomic E-state index is 0. The van der Waals surface area contributed by atoms with Gasteiger partial charge in [0.1, 0.15) is 0 Å². The van der Waals surface area contributed by atoms with E-state index in [1.165, 1.54) is 0 Å². The number of hydrogen-bond donors (Lipinski definition) is 2. The van der Waals surface area contributed by atoms with Crippen LogP contribution in [0.15, 0.2) is 0 Å². The predicted octanol–water partition coefficient (Wildman–Crippen LogP) is -0.0141. The molecule has 96 valence electrons. The summed E-state index contributed by atoms with van der Waals surface area (Å²) in [4.78, 5) is 0. The molecule has 0 atom stereocenters. The SMILES string of the molecule is CCOCCCO.CCOCCCO.O. The van der Waals surface area contributed by atoms with Crippen molar-refractivity contribution in [2.75, 3.05) is 39.6 Å². The molecule has 0 aromatic carbocycles. The van der Waals surface area contributed by atoms with Gasteiger partial charge >= 0.3 is 0 Å². The molecule has 5 heteroatoms. The summed E-state index contributed by atoms with van der Waals surface area (Å²) in [5.41, 5.74) is 0. The first kappa shape index (κ1) is 20.2. The predicted molar refractivity (Wildman–Crippen MR) is 60.0 cm³/mol. The Labute approximate surface area is 92.3 Å². The van der Waals surface area contributed by atoms with Crippen LogP contribution < -0.4 is 0 Å². The summed E-state index contributed by atoms with van der Waals surface area (Å²) in [6.45, 7) is 7.23. The number of hydrogen-bond acceptors (Lipinski definition) is 4. The third-order valence-electron chi connectivity index (χ3n) is 1.30. The maximum atomic E-state index is 8.21. The first-order valence-electron chi connectivity index (χ1n) is 5.20. The monoisotopic (exact) mass is 226 g/mol. The van der Waals surface area contributed by atoms with E-state index in [0.29, 0.717) is 13.2 Å². The van der Waals surface area contributed by atoms with Gasteiger partial charge in [0, 0.05) is 39.6 Å². The number of rotatable bonds is 8. The zero-order valence-electron chi connectivity index (χ0n) is 9.87. The summed E-state index contributed by atoms with van der Waals surface area (Å²) in [7, 11) is 0. The van der Waals surface area contributed by atoms with Crippen LogP contribution in [0.25, 0.3) is 0 Å². The second kappa shape index (κ2) is 23.5. The van der Waals surface area contributed by atoms with Crippen molar-refractivity contribution in [2.24, 2.45) is 0 Å². The summed E-state index contributed by atoms with van der Waals surface area (Å²) < 4.78 is 9.83. The molecule has 4 N–H and O–H groups in total. The van der Waals surface area contributed by atoms with Crippen molar-refractivity contribution < 1.29 is 25.2 Å². The largest absolute Gasteiger partial charge is 0.412 e. The van der Waals surface area contributed by atoms with E-state index in [-0.39, 0.29) is 18.7 Å². The maximum Gasteiger partial charge on any atom is 0.0487 e. The zero-order valence-corrected chi connectivity index (χ0v) is 9.87. The number of ether oxygens (including phenoxy) is 2. The Hall–Kier alpha value is -0.200. The molecule has 0 heterocycles. The maximum absolute atomic E-state index is 8.21. The molecule has 0 rings (SSSR count). The Morgan fingerprint density at radius 3 is 1.33 bits per heavy atom. The summed E-state index contributed by atoms with van der Waals surface area (Å²) in [6, 6.07) is 0. The molecule has 15 heavy (non-hydrogen) atoms. The molecule has 0 saturated carbocycles. The van der Waals surface area contributed by atoms with Gasteiger partial charge in [-0.25, -0.2) is 0 Å². The van der Waals surface area contributed by atoms with Crippen LogP contribution in [-0.4, -0.2) is 55.3 Å². The van der Waals surface area contributed by atoms with Crippen molar-refractivity contribution in [3.63, 3.8) is 0 Å². The average Bonchev–Trinajstić information content (AvgIpc) is 2.21. The lowest BCUT2D eigenvalue weighted by Crippen LogP contribution is -1.95. The molecule has 0 saturated heterocycles. The van der Waals surface area contributed by atoms with Crippen LogP contribution in [-0.2, 0) is 9.47 Å². The Morgan fingerprint density at radius 2 is 1.13 bits per heavy atom. The third kappa shape index (κ3) is 31.6. The van der Waals surface area contributed by atoms with Gasteiger partial charge in [-0.3, -0.25) is 0 Å². The van der Waals surface area contributed by atoms with Crippen LogP contribution >= 0.6 is 0 Å². The molecular weight excluding hydrogens is 200 g/mol. The fourth-order valence-electron chi connectivity index (χ4n) is 0.622. The Kier molecular flexibility index (Phi) is 31.8. The fraction of sp³-hybridized carbons (Fsp3) is 1.00. The van der Waals surface area contributed by atoms with E-state index in [1.54, 1.807) is 0 Å². The normalized spacial score (nSPS) is 8.80. The molecule has 0 aromatic heterocycles. The average molecular weight is 226 g/mol. The van der Waals surface area contributed by atoms with Crippen molar-refractivity contribution in [3.05, 3.63) is 0 Å². The van der Waals surface area contributed by atoms with Crippen molar-refractivity contribution in [1.29, 1.82) is 0 Å². The molecule has 0 aromatic rings. The van der Waals surface area contributed by atoms with E-state index in [0.717, 1.165) is 26.1 Å². The topological polar surface area (TPSA) is 90.4 Å². The minimum absolute atomic E-state index is 0. The quantitative estimate of drug-likeness (QED) is 0.569. The van der Waals surface area contributed by atoms with Crippen LogP contribution in [0.3, 0.4) is 0 Å². The van der Waals surface area contributed by atoms with Gasteiger partial charge in [0.25, 0.3) is 0 Å². The minimum Gasteiger partial charge on any atom is -0.412 e. The smallest absolute Gasteiger partial charge is 0.0487 e. The number of aliphatic hydroxyl groups excluding tert-OH is 2. The van der Waals surface area contributed by atoms with Gasteiger partial charge < -0.3 is 25.2 Å². The second-order valence-corrected chi connectivity index (χ2v) is 2.55. The van der Waals surface area contributed by atoms with Crippen LogP contribution in [0.2, 0.25) is 0 Å². The van der Waals surface area contributed by atoms with Crippen molar-refractivity contribution in [3.8, 4) is 0 Å². The highest BCUT2D eigenvalue weighted by Crippen LogP contribution is 1.78. The standard InChI is InChI=1S/2C5H12O2.H2O/c2*1-2-7-5-3-4-6;/h2*6H,2-5H2,1H3;1H2. The van der Waals surface area contributed by atoms with Crippen LogP contribution in [0.1, 0.15) is 26.7 Å². The zero-order chi connectivity index (χ0) is 11.1. The van der Waals surface area contributed by atoms with E-state index in [9.17, 15) is 0 Å². The van der Waals surface area contributed by atoms with Gasteiger partial charge in [-0.1, -0.05) is 0 Å². The third-order valence-corrected chi connectivity index (χ3v) is 1.30. The molecule has 0 bridgehead atoms. The summed E-state index contributed by atoms with van der Waals surface area (Å²) in [5.74, 6) is 0. The van der Waals surface area contributed by atoms with Gasteiger partial charge in [0.05, 0.1) is 0 Å². The highest BCUT2D eigenvalue weighted by Gasteiger charge is 1.80. The molecule has 0 aliphatic heterocycles. The highest BCUT2D eigenvalue weighted by molar-refractivity contribution is 4.28. The first-order valence-corrected chi connectivity index (χ1v) is 5.20. The Balaban J connectivity index is -0.000000180. The van der Waals surface area contributed by atoms with Gasteiger partial charge in [0.2, 0.25) is 0 Å². The molecule has 0 amide bonds. The van der Waals surface area contributed by atoms with Gasteiger partial charge in [-0.05, 0) is 26.7 Å². The molecule has 0 fully saturated rings. The van der Waals surface area contributed by atoms with E-state index < -0.39 is 0 Å². The lowest BCUT2D eigenvalue weighted by molar-refractivity contribution is 0.127. The molecule has 0 radical (unpaired) electrons. The van der Waals surface area contributed by atoms with Crippen molar-refractivity contribution in [2.45, 2.75) is 26.7 Å². The molecule has 0 spiro atoms. The lowest BCUT2D eigenvalue weighted by atomic mass is 10.5. The Morgan fingerprint density at radius 1 is 0.800 bits per heavy atom. The van der Waals surface area contributed by atoms with Gasteiger partial charge in [-0.2, -0.15) is 0 Å². The van der Waals surface area contributed by atoms with E-state index >= 15 is 0 Å². The summed E-state index contributed by atoms with van der Waals surface area (Å²) >= 11 is 0. The van der Waals surface area contributed by atoms with Crippen molar-refractivity contribution in [1.82, 2.24) is 0 Å². The first-order chi connectivity index (χ1) is 6.83. The molecule has 0 aliphatic rings. The second-order valence-electron chi connectivity index (χ2n) is 2.55. The van der Waals surface area contributed by atoms with E-state index in [2.05, 4.69) is 0 Å². The van der Waals surface area contributed by atoms with Gasteiger partial charge in [-0.15, -0.1) is 0 Å². The fourth-order valence-corrected chi connectivity index (χ4v) is 0.622. The summed E-state index contributed by atoms with van der Waals surface area (Å²) in [6.07, 6.45) is 1.52. The van der Waals surface area contributed by atoms with Crippen LogP contribution in [0, 0.1) is 0 Å².